The summed E-state index contributed by atoms with van der Waals surface area (Å²) < 4.78 is 46.9. The molecule has 1 rings (SSSR count). The average molecular weight is 299 g/mol. The summed E-state index contributed by atoms with van der Waals surface area (Å²) in [6.07, 6.45) is 2.23. The predicted molar refractivity (Wildman–Crippen MR) is 66.4 cm³/mol. The first-order valence-corrected chi connectivity index (χ1v) is 8.57. The Morgan fingerprint density at radius 3 is 2.35 bits per heavy atom. The van der Waals surface area contributed by atoms with Gasteiger partial charge in [-0.2, -0.15) is 0 Å². The number of sulfonamides is 1. The van der Waals surface area contributed by atoms with E-state index in [0.717, 1.165) is 6.26 Å². The Hall–Kier alpha value is -0.860. The third kappa shape index (κ3) is 5.85. The standard InChI is InChI=1S/C8H11ClN2O4S2/c1-16(12,13)4-5-17(14,15)11-7-2-3-8(9)10-6-7/h2-3,6,11H,4-5H2,1H3. The first-order valence-electron chi connectivity index (χ1n) is 4.48. The van der Waals surface area contributed by atoms with Gasteiger partial charge in [-0.15, -0.1) is 0 Å². The number of aromatic nitrogens is 1. The Morgan fingerprint density at radius 1 is 1.24 bits per heavy atom. The molecule has 1 heterocycles. The van der Waals surface area contributed by atoms with Crippen LogP contribution in [0.5, 0.6) is 0 Å². The number of nitrogens with one attached hydrogen (secondary N) is 1. The third-order valence-electron chi connectivity index (χ3n) is 1.72. The maximum atomic E-state index is 11.5. The lowest BCUT2D eigenvalue weighted by molar-refractivity contribution is 0.593. The molecule has 0 fully saturated rings. The minimum absolute atomic E-state index is 0.239. The van der Waals surface area contributed by atoms with Crippen LogP contribution in [0.3, 0.4) is 0 Å². The minimum atomic E-state index is -3.69. The average Bonchev–Trinajstić information content (AvgIpc) is 2.18. The van der Waals surface area contributed by atoms with Gasteiger partial charge in [-0.05, 0) is 12.1 Å². The van der Waals surface area contributed by atoms with Crippen LogP contribution >= 0.6 is 11.6 Å². The van der Waals surface area contributed by atoms with E-state index in [4.69, 9.17) is 11.6 Å². The van der Waals surface area contributed by atoms with E-state index in [1.165, 1.54) is 18.3 Å². The van der Waals surface area contributed by atoms with Crippen molar-refractivity contribution in [2.45, 2.75) is 0 Å². The van der Waals surface area contributed by atoms with Gasteiger partial charge in [0.2, 0.25) is 10.0 Å². The first kappa shape index (κ1) is 14.2. The van der Waals surface area contributed by atoms with E-state index in [1.807, 2.05) is 0 Å². The molecule has 1 aromatic heterocycles. The van der Waals surface area contributed by atoms with Crippen LogP contribution < -0.4 is 4.72 Å². The van der Waals surface area contributed by atoms with Crippen molar-refractivity contribution in [3.63, 3.8) is 0 Å². The Morgan fingerprint density at radius 2 is 1.88 bits per heavy atom. The zero-order chi connectivity index (χ0) is 13.1. The van der Waals surface area contributed by atoms with E-state index in [9.17, 15) is 16.8 Å². The molecule has 0 atom stereocenters. The number of sulfone groups is 1. The van der Waals surface area contributed by atoms with Crippen molar-refractivity contribution in [3.8, 4) is 0 Å². The molecule has 0 aliphatic rings. The SMILES string of the molecule is CS(=O)(=O)CCS(=O)(=O)Nc1ccc(Cl)nc1. The van der Waals surface area contributed by atoms with Gasteiger partial charge in [0.05, 0.1) is 23.4 Å². The van der Waals surface area contributed by atoms with E-state index in [1.54, 1.807) is 0 Å². The van der Waals surface area contributed by atoms with Gasteiger partial charge in [0.1, 0.15) is 15.0 Å². The van der Waals surface area contributed by atoms with Gasteiger partial charge >= 0.3 is 0 Å². The highest BCUT2D eigenvalue weighted by atomic mass is 35.5. The third-order valence-corrected chi connectivity index (χ3v) is 4.44. The molecule has 1 N–H and O–H groups in total. The number of nitrogens with zero attached hydrogens (tertiary/aromatic N) is 1. The van der Waals surface area contributed by atoms with Crippen LogP contribution in [0.15, 0.2) is 18.3 Å². The van der Waals surface area contributed by atoms with Gasteiger partial charge in [0.25, 0.3) is 0 Å². The summed E-state index contributed by atoms with van der Waals surface area (Å²) in [4.78, 5) is 3.69. The van der Waals surface area contributed by atoms with Crippen molar-refractivity contribution in [2.75, 3.05) is 22.5 Å². The fraction of sp³-hybridized carbons (Fsp3) is 0.375. The summed E-state index contributed by atoms with van der Waals surface area (Å²) in [5.41, 5.74) is 0.239. The van der Waals surface area contributed by atoms with E-state index < -0.39 is 31.4 Å². The van der Waals surface area contributed by atoms with Crippen molar-refractivity contribution in [3.05, 3.63) is 23.5 Å². The van der Waals surface area contributed by atoms with Gasteiger partial charge in [0, 0.05) is 6.26 Å². The van der Waals surface area contributed by atoms with Gasteiger partial charge < -0.3 is 0 Å². The first-order chi connectivity index (χ1) is 7.68. The van der Waals surface area contributed by atoms with E-state index in [-0.39, 0.29) is 10.8 Å². The molecule has 0 saturated heterocycles. The molecule has 0 radical (unpaired) electrons. The highest BCUT2D eigenvalue weighted by molar-refractivity contribution is 7.95. The number of halogens is 1. The molecule has 0 aromatic carbocycles. The van der Waals surface area contributed by atoms with Crippen molar-refractivity contribution in [1.29, 1.82) is 0 Å². The molecular formula is C8H11ClN2O4S2. The number of pyridine rings is 1. The largest absolute Gasteiger partial charge is 0.282 e. The summed E-state index contributed by atoms with van der Waals surface area (Å²) >= 11 is 5.54. The Bertz CT molecular complexity index is 580. The molecule has 9 heteroatoms. The van der Waals surface area contributed by atoms with Gasteiger partial charge in [0.15, 0.2) is 0 Å². The molecular weight excluding hydrogens is 288 g/mol. The molecule has 17 heavy (non-hydrogen) atoms. The second-order valence-corrected chi connectivity index (χ2v) is 7.91. The van der Waals surface area contributed by atoms with E-state index in [0.29, 0.717) is 0 Å². The number of anilines is 1. The van der Waals surface area contributed by atoms with Crippen molar-refractivity contribution < 1.29 is 16.8 Å². The summed E-state index contributed by atoms with van der Waals surface area (Å²) in [5.74, 6) is -0.919. The van der Waals surface area contributed by atoms with E-state index >= 15 is 0 Å². The molecule has 0 aliphatic carbocycles. The second kappa shape index (κ2) is 5.19. The van der Waals surface area contributed by atoms with Gasteiger partial charge in [-0.3, -0.25) is 4.72 Å². The summed E-state index contributed by atoms with van der Waals surface area (Å²) in [6, 6.07) is 2.86. The van der Waals surface area contributed by atoms with Crippen molar-refractivity contribution in [1.82, 2.24) is 4.98 Å². The maximum absolute atomic E-state index is 11.5. The maximum Gasteiger partial charge on any atom is 0.233 e. The highest BCUT2D eigenvalue weighted by Gasteiger charge is 2.14. The smallest absolute Gasteiger partial charge is 0.233 e. The monoisotopic (exact) mass is 298 g/mol. The number of hydrogen-bond acceptors (Lipinski definition) is 5. The van der Waals surface area contributed by atoms with Crippen LogP contribution in [0.2, 0.25) is 5.15 Å². The van der Waals surface area contributed by atoms with E-state index in [2.05, 4.69) is 9.71 Å². The van der Waals surface area contributed by atoms with Crippen molar-refractivity contribution in [2.24, 2.45) is 0 Å². The Labute approximate surface area is 105 Å². The second-order valence-electron chi connectivity index (χ2n) is 3.42. The molecule has 0 saturated carbocycles. The molecule has 0 amide bonds. The van der Waals surface area contributed by atoms with Crippen LogP contribution in [0.25, 0.3) is 0 Å². The number of hydrogen-bond donors (Lipinski definition) is 1. The fourth-order valence-electron chi connectivity index (χ4n) is 0.928. The molecule has 6 nitrogen and oxygen atoms in total. The van der Waals surface area contributed by atoms with Crippen LogP contribution in [0, 0.1) is 0 Å². The van der Waals surface area contributed by atoms with Crippen LogP contribution in [0.4, 0.5) is 5.69 Å². The molecule has 1 aromatic rings. The summed E-state index contributed by atoms with van der Waals surface area (Å²) in [6.45, 7) is 0. The van der Waals surface area contributed by atoms with Gasteiger partial charge in [-0.25, -0.2) is 21.8 Å². The van der Waals surface area contributed by atoms with Gasteiger partial charge in [-0.1, -0.05) is 11.6 Å². The Kier molecular flexibility index (Phi) is 4.34. The van der Waals surface area contributed by atoms with Crippen LogP contribution in [-0.4, -0.2) is 39.6 Å². The lowest BCUT2D eigenvalue weighted by Crippen LogP contribution is -2.22. The predicted octanol–water partition coefficient (Wildman–Crippen LogP) is 0.521. The normalized spacial score (nSPS) is 12.4. The molecule has 0 aliphatic heterocycles. The summed E-state index contributed by atoms with van der Waals surface area (Å²) in [5, 5.41) is 0.240. The van der Waals surface area contributed by atoms with Crippen molar-refractivity contribution >= 4 is 37.1 Å². The molecule has 0 unspecified atom stereocenters. The minimum Gasteiger partial charge on any atom is -0.282 e. The lowest BCUT2D eigenvalue weighted by Gasteiger charge is -2.06. The summed E-state index contributed by atoms with van der Waals surface area (Å²) in [7, 11) is -7.01. The fourth-order valence-corrected chi connectivity index (χ4v) is 3.71. The zero-order valence-electron chi connectivity index (χ0n) is 8.92. The quantitative estimate of drug-likeness (QED) is 0.800. The zero-order valence-corrected chi connectivity index (χ0v) is 11.3. The molecule has 0 bridgehead atoms. The van der Waals surface area contributed by atoms with Crippen LogP contribution in [-0.2, 0) is 19.9 Å². The molecule has 0 spiro atoms. The highest BCUT2D eigenvalue weighted by Crippen LogP contribution is 2.11. The lowest BCUT2D eigenvalue weighted by atomic mass is 10.4. The molecule has 96 valence electrons. The Balaban J connectivity index is 2.70. The van der Waals surface area contributed by atoms with Crippen LogP contribution in [0.1, 0.15) is 0 Å². The number of rotatable bonds is 5. The topological polar surface area (TPSA) is 93.2 Å².